The lowest BCUT2D eigenvalue weighted by Gasteiger charge is -2.25. The van der Waals surface area contributed by atoms with Crippen LogP contribution in [0.15, 0.2) is 11.1 Å². The Labute approximate surface area is 102 Å². The molecule has 0 saturated carbocycles. The highest BCUT2D eigenvalue weighted by Crippen LogP contribution is 2.15. The summed E-state index contributed by atoms with van der Waals surface area (Å²) in [6.45, 7) is 2.61. The van der Waals surface area contributed by atoms with Crippen LogP contribution in [-0.2, 0) is 4.74 Å². The molecule has 5 nitrogen and oxygen atoms in total. The van der Waals surface area contributed by atoms with Crippen molar-refractivity contribution in [3.05, 3.63) is 20.3 Å². The van der Waals surface area contributed by atoms with Gasteiger partial charge in [0.1, 0.15) is 9.39 Å². The highest BCUT2D eigenvalue weighted by atomic mass is 127. The van der Waals surface area contributed by atoms with E-state index in [1.165, 1.54) is 6.33 Å². The number of rotatable bonds is 4. The number of hydrogen-bond acceptors (Lipinski definition) is 4. The van der Waals surface area contributed by atoms with Gasteiger partial charge in [0.05, 0.1) is 19.0 Å². The smallest absolute Gasteiger partial charge is 0.266 e. The van der Waals surface area contributed by atoms with Gasteiger partial charge < -0.3 is 14.6 Å². The first-order chi connectivity index (χ1) is 7.07. The maximum absolute atomic E-state index is 11.4. The minimum atomic E-state index is -0.114. The van der Waals surface area contributed by atoms with Crippen molar-refractivity contribution in [3.8, 4) is 0 Å². The standard InChI is InChI=1S/C9H14IN3O2/c1-6(4-15-3)13(2)8-7(10)9(14)12-5-11-8/h5-6H,4H2,1-3H3,(H,11,12,14). The van der Waals surface area contributed by atoms with Gasteiger partial charge in [-0.1, -0.05) is 0 Å². The third-order valence-electron chi connectivity index (χ3n) is 2.18. The molecule has 0 saturated heterocycles. The van der Waals surface area contributed by atoms with Crippen molar-refractivity contribution in [1.82, 2.24) is 9.97 Å². The first-order valence-electron chi connectivity index (χ1n) is 4.53. The summed E-state index contributed by atoms with van der Waals surface area (Å²) in [4.78, 5) is 20.0. The molecule has 6 heteroatoms. The van der Waals surface area contributed by atoms with Gasteiger partial charge in [-0.15, -0.1) is 0 Å². The predicted molar refractivity (Wildman–Crippen MR) is 67.3 cm³/mol. The molecule has 1 unspecified atom stereocenters. The number of nitrogens with one attached hydrogen (secondary N) is 1. The van der Waals surface area contributed by atoms with Gasteiger partial charge in [0, 0.05) is 14.2 Å². The summed E-state index contributed by atoms with van der Waals surface area (Å²) in [5.74, 6) is 0.684. The van der Waals surface area contributed by atoms with Gasteiger partial charge >= 0.3 is 0 Å². The van der Waals surface area contributed by atoms with E-state index in [-0.39, 0.29) is 11.6 Å². The zero-order chi connectivity index (χ0) is 11.4. The Bertz CT molecular complexity index is 380. The molecular weight excluding hydrogens is 309 g/mol. The van der Waals surface area contributed by atoms with Gasteiger partial charge in [-0.3, -0.25) is 4.79 Å². The number of H-pyrrole nitrogens is 1. The number of nitrogens with zero attached hydrogens (tertiary/aromatic N) is 2. The highest BCUT2D eigenvalue weighted by Gasteiger charge is 2.15. The van der Waals surface area contributed by atoms with Crippen molar-refractivity contribution in [2.45, 2.75) is 13.0 Å². The summed E-state index contributed by atoms with van der Waals surface area (Å²) in [5.41, 5.74) is -0.114. The van der Waals surface area contributed by atoms with E-state index in [4.69, 9.17) is 4.74 Å². The molecule has 1 atom stereocenters. The molecule has 0 amide bonds. The lowest BCUT2D eigenvalue weighted by molar-refractivity contribution is 0.183. The summed E-state index contributed by atoms with van der Waals surface area (Å²) in [5, 5.41) is 0. The van der Waals surface area contributed by atoms with Crippen LogP contribution in [-0.4, -0.2) is 36.8 Å². The molecule has 15 heavy (non-hydrogen) atoms. The van der Waals surface area contributed by atoms with Crippen molar-refractivity contribution >= 4 is 28.4 Å². The number of methoxy groups -OCH3 is 1. The normalized spacial score (nSPS) is 12.5. The highest BCUT2D eigenvalue weighted by molar-refractivity contribution is 14.1. The van der Waals surface area contributed by atoms with Gasteiger partial charge in [-0.25, -0.2) is 4.98 Å². The molecule has 1 heterocycles. The largest absolute Gasteiger partial charge is 0.383 e. The molecule has 0 bridgehead atoms. The lowest BCUT2D eigenvalue weighted by atomic mass is 10.3. The molecule has 0 aliphatic carbocycles. The first kappa shape index (κ1) is 12.4. The SMILES string of the molecule is COCC(C)N(C)c1nc[nH]c(=O)c1I. The third kappa shape index (κ3) is 2.91. The van der Waals surface area contributed by atoms with Crippen molar-refractivity contribution in [2.75, 3.05) is 25.7 Å². The molecule has 1 rings (SSSR count). The van der Waals surface area contributed by atoms with Crippen molar-refractivity contribution in [2.24, 2.45) is 0 Å². The summed E-state index contributed by atoms with van der Waals surface area (Å²) in [6, 6.07) is 0.179. The average molecular weight is 323 g/mol. The molecule has 0 aliphatic heterocycles. The molecule has 84 valence electrons. The Kier molecular flexibility index (Phi) is 4.52. The Balaban J connectivity index is 2.95. The molecule has 0 fully saturated rings. The van der Waals surface area contributed by atoms with Gasteiger partial charge in [-0.05, 0) is 29.5 Å². The minimum absolute atomic E-state index is 0.114. The predicted octanol–water partition coefficient (Wildman–Crippen LogP) is 0.846. The van der Waals surface area contributed by atoms with E-state index in [0.717, 1.165) is 0 Å². The number of aromatic amines is 1. The Morgan fingerprint density at radius 2 is 2.40 bits per heavy atom. The fraction of sp³-hybridized carbons (Fsp3) is 0.556. The minimum Gasteiger partial charge on any atom is -0.383 e. The summed E-state index contributed by atoms with van der Waals surface area (Å²) >= 11 is 1.99. The summed E-state index contributed by atoms with van der Waals surface area (Å²) < 4.78 is 5.66. The second-order valence-corrected chi connectivity index (χ2v) is 4.36. The molecule has 1 aromatic rings. The van der Waals surface area contributed by atoms with Gasteiger partial charge in [0.2, 0.25) is 0 Å². The van der Waals surface area contributed by atoms with Crippen molar-refractivity contribution in [3.63, 3.8) is 0 Å². The van der Waals surface area contributed by atoms with E-state index in [2.05, 4.69) is 9.97 Å². The number of likely N-dealkylation sites (N-methyl/N-ethyl adjacent to an activating group) is 1. The van der Waals surface area contributed by atoms with E-state index >= 15 is 0 Å². The van der Waals surface area contributed by atoms with Crippen LogP contribution in [0.2, 0.25) is 0 Å². The van der Waals surface area contributed by atoms with E-state index in [0.29, 0.717) is 16.0 Å². The number of ether oxygens (including phenoxy) is 1. The lowest BCUT2D eigenvalue weighted by Crippen LogP contribution is -2.35. The Morgan fingerprint density at radius 3 is 3.00 bits per heavy atom. The van der Waals surface area contributed by atoms with E-state index in [1.54, 1.807) is 7.11 Å². The number of anilines is 1. The van der Waals surface area contributed by atoms with Crippen molar-refractivity contribution in [1.29, 1.82) is 0 Å². The fourth-order valence-electron chi connectivity index (χ4n) is 1.18. The topological polar surface area (TPSA) is 58.2 Å². The van der Waals surface area contributed by atoms with Gasteiger partial charge in [0.25, 0.3) is 5.56 Å². The van der Waals surface area contributed by atoms with Crippen LogP contribution in [0, 0.1) is 3.57 Å². The fourth-order valence-corrected chi connectivity index (χ4v) is 1.86. The molecule has 0 radical (unpaired) electrons. The molecule has 1 N–H and O–H groups in total. The molecule has 0 aliphatic rings. The van der Waals surface area contributed by atoms with Crippen LogP contribution in [0.3, 0.4) is 0 Å². The number of aromatic nitrogens is 2. The third-order valence-corrected chi connectivity index (χ3v) is 3.15. The van der Waals surface area contributed by atoms with Crippen molar-refractivity contribution < 1.29 is 4.74 Å². The Morgan fingerprint density at radius 1 is 1.73 bits per heavy atom. The van der Waals surface area contributed by atoms with Gasteiger partial charge in [0.15, 0.2) is 0 Å². The number of halogens is 1. The van der Waals surface area contributed by atoms with Crippen LogP contribution >= 0.6 is 22.6 Å². The van der Waals surface area contributed by atoms with E-state index < -0.39 is 0 Å². The zero-order valence-corrected chi connectivity index (χ0v) is 11.1. The monoisotopic (exact) mass is 323 g/mol. The maximum atomic E-state index is 11.4. The molecular formula is C9H14IN3O2. The van der Waals surface area contributed by atoms with Crippen LogP contribution < -0.4 is 10.5 Å². The molecule has 1 aromatic heterocycles. The zero-order valence-electron chi connectivity index (χ0n) is 8.95. The van der Waals surface area contributed by atoms with Crippen LogP contribution in [0.5, 0.6) is 0 Å². The second kappa shape index (κ2) is 5.45. The average Bonchev–Trinajstić information content (AvgIpc) is 2.21. The van der Waals surface area contributed by atoms with Crippen LogP contribution in [0.25, 0.3) is 0 Å². The van der Waals surface area contributed by atoms with E-state index in [1.807, 2.05) is 41.5 Å². The first-order valence-corrected chi connectivity index (χ1v) is 5.60. The van der Waals surface area contributed by atoms with Crippen LogP contribution in [0.4, 0.5) is 5.82 Å². The number of hydrogen-bond donors (Lipinski definition) is 1. The summed E-state index contributed by atoms with van der Waals surface area (Å²) in [6.07, 6.45) is 1.41. The molecule has 0 spiro atoms. The van der Waals surface area contributed by atoms with E-state index in [9.17, 15) is 4.79 Å². The summed E-state index contributed by atoms with van der Waals surface area (Å²) in [7, 11) is 3.55. The van der Waals surface area contributed by atoms with Crippen LogP contribution in [0.1, 0.15) is 6.92 Å². The molecule has 0 aromatic carbocycles. The second-order valence-electron chi connectivity index (χ2n) is 3.28. The maximum Gasteiger partial charge on any atom is 0.266 e. The Hall–Kier alpha value is -0.630. The quantitative estimate of drug-likeness (QED) is 0.835. The van der Waals surface area contributed by atoms with Gasteiger partial charge in [-0.2, -0.15) is 0 Å².